The van der Waals surface area contributed by atoms with Crippen molar-refractivity contribution < 1.29 is 9.47 Å². The van der Waals surface area contributed by atoms with Gasteiger partial charge in [0, 0.05) is 22.2 Å². The predicted octanol–water partition coefficient (Wildman–Crippen LogP) is 5.23. The molecule has 0 aliphatic carbocycles. The zero-order valence-electron chi connectivity index (χ0n) is 13.2. The molecule has 0 aliphatic heterocycles. The number of hydrogen-bond acceptors (Lipinski definition) is 5. The lowest BCUT2D eigenvalue weighted by molar-refractivity contribution is 0.355. The minimum Gasteiger partial charge on any atom is -0.493 e. The number of rotatable bonds is 5. The van der Waals surface area contributed by atoms with E-state index in [9.17, 15) is 0 Å². The Morgan fingerprint density at radius 1 is 1.04 bits per heavy atom. The molecule has 0 saturated carbocycles. The lowest BCUT2D eigenvalue weighted by atomic mass is 10.2. The van der Waals surface area contributed by atoms with Gasteiger partial charge >= 0.3 is 0 Å². The van der Waals surface area contributed by atoms with Crippen LogP contribution in [0.3, 0.4) is 0 Å². The third-order valence-electron chi connectivity index (χ3n) is 3.36. The molecule has 4 nitrogen and oxygen atoms in total. The van der Waals surface area contributed by atoms with Gasteiger partial charge in [0.2, 0.25) is 5.13 Å². The molecule has 0 saturated heterocycles. The maximum absolute atomic E-state index is 5.91. The number of methoxy groups -OCH3 is 2. The van der Waals surface area contributed by atoms with Crippen LogP contribution in [0.15, 0.2) is 52.8 Å². The molecule has 0 unspecified atom stereocenters. The van der Waals surface area contributed by atoms with Gasteiger partial charge in [0.25, 0.3) is 0 Å². The van der Waals surface area contributed by atoms with Crippen LogP contribution in [0.5, 0.6) is 11.5 Å². The number of aromatic nitrogens is 1. The number of benzene rings is 2. The normalized spacial score (nSPS) is 11.0. The van der Waals surface area contributed by atoms with Crippen LogP contribution in [0.2, 0.25) is 5.02 Å². The molecule has 122 valence electrons. The Kier molecular flexibility index (Phi) is 5.13. The van der Waals surface area contributed by atoms with Gasteiger partial charge in [-0.15, -0.1) is 11.3 Å². The van der Waals surface area contributed by atoms with Crippen LogP contribution in [0.1, 0.15) is 5.56 Å². The molecule has 0 radical (unpaired) electrons. The van der Waals surface area contributed by atoms with Gasteiger partial charge in [0.1, 0.15) is 0 Å². The number of halogens is 1. The minimum atomic E-state index is 0.669. The quantitative estimate of drug-likeness (QED) is 0.586. The second kappa shape index (κ2) is 7.47. The molecule has 0 amide bonds. The summed E-state index contributed by atoms with van der Waals surface area (Å²) in [7, 11) is 3.22. The zero-order chi connectivity index (χ0) is 16.9. The zero-order valence-corrected chi connectivity index (χ0v) is 14.8. The molecule has 0 N–H and O–H groups in total. The number of nitrogens with zero attached hydrogens (tertiary/aromatic N) is 2. The third kappa shape index (κ3) is 3.75. The Hall–Kier alpha value is -2.37. The fraction of sp³-hybridized carbons (Fsp3) is 0.111. The largest absolute Gasteiger partial charge is 0.493 e. The van der Waals surface area contributed by atoms with E-state index in [4.69, 9.17) is 21.1 Å². The van der Waals surface area contributed by atoms with Gasteiger partial charge < -0.3 is 9.47 Å². The predicted molar refractivity (Wildman–Crippen MR) is 99.4 cm³/mol. The molecular weight excluding hydrogens is 344 g/mol. The van der Waals surface area contributed by atoms with E-state index in [0.29, 0.717) is 21.7 Å². The van der Waals surface area contributed by atoms with Crippen LogP contribution in [0.4, 0.5) is 5.13 Å². The first kappa shape index (κ1) is 16.5. The van der Waals surface area contributed by atoms with Gasteiger partial charge in [-0.05, 0) is 35.9 Å². The van der Waals surface area contributed by atoms with E-state index in [1.165, 1.54) is 11.3 Å². The van der Waals surface area contributed by atoms with Gasteiger partial charge in [-0.25, -0.2) is 9.98 Å². The molecular formula is C18H15ClN2O2S. The van der Waals surface area contributed by atoms with Crippen LogP contribution in [-0.2, 0) is 0 Å². The Labute approximate surface area is 149 Å². The van der Waals surface area contributed by atoms with Gasteiger partial charge in [-0.3, -0.25) is 0 Å². The van der Waals surface area contributed by atoms with E-state index < -0.39 is 0 Å². The van der Waals surface area contributed by atoms with Crippen molar-refractivity contribution in [2.45, 2.75) is 0 Å². The van der Waals surface area contributed by atoms with Crippen molar-refractivity contribution in [1.29, 1.82) is 0 Å². The van der Waals surface area contributed by atoms with E-state index in [1.54, 1.807) is 20.4 Å². The Morgan fingerprint density at radius 2 is 1.79 bits per heavy atom. The smallest absolute Gasteiger partial charge is 0.209 e. The summed E-state index contributed by atoms with van der Waals surface area (Å²) in [4.78, 5) is 8.95. The highest BCUT2D eigenvalue weighted by atomic mass is 35.5. The summed E-state index contributed by atoms with van der Waals surface area (Å²) in [5.74, 6) is 1.36. The summed E-state index contributed by atoms with van der Waals surface area (Å²) in [5.41, 5.74) is 2.82. The van der Waals surface area contributed by atoms with Gasteiger partial charge in [-0.2, -0.15) is 0 Å². The Morgan fingerprint density at radius 3 is 2.50 bits per heavy atom. The molecule has 2 aromatic carbocycles. The first-order chi connectivity index (χ1) is 11.7. The Bertz CT molecular complexity index is 860. The summed E-state index contributed by atoms with van der Waals surface area (Å²) in [6.45, 7) is 0. The maximum Gasteiger partial charge on any atom is 0.209 e. The van der Waals surface area contributed by atoms with Crippen molar-refractivity contribution in [2.24, 2.45) is 4.99 Å². The average Bonchev–Trinajstić information content (AvgIpc) is 3.09. The Balaban J connectivity index is 1.79. The maximum atomic E-state index is 5.91. The average molecular weight is 359 g/mol. The summed E-state index contributed by atoms with van der Waals surface area (Å²) < 4.78 is 10.5. The van der Waals surface area contributed by atoms with Crippen molar-refractivity contribution in [3.05, 3.63) is 58.4 Å². The molecule has 0 spiro atoms. The molecule has 3 aromatic rings. The van der Waals surface area contributed by atoms with Gasteiger partial charge in [-0.1, -0.05) is 23.7 Å². The third-order valence-corrected chi connectivity index (χ3v) is 4.36. The molecule has 0 bridgehead atoms. The highest BCUT2D eigenvalue weighted by Crippen LogP contribution is 2.29. The molecule has 1 aromatic heterocycles. The molecule has 0 fully saturated rings. The van der Waals surface area contributed by atoms with E-state index >= 15 is 0 Å². The number of hydrogen-bond donors (Lipinski definition) is 0. The van der Waals surface area contributed by atoms with E-state index in [0.717, 1.165) is 16.8 Å². The van der Waals surface area contributed by atoms with Gasteiger partial charge in [0.15, 0.2) is 11.5 Å². The highest BCUT2D eigenvalue weighted by molar-refractivity contribution is 7.13. The van der Waals surface area contributed by atoms with Crippen molar-refractivity contribution in [3.8, 4) is 22.8 Å². The van der Waals surface area contributed by atoms with Crippen molar-refractivity contribution in [3.63, 3.8) is 0 Å². The van der Waals surface area contributed by atoms with Crippen molar-refractivity contribution in [1.82, 2.24) is 4.98 Å². The molecule has 0 atom stereocenters. The fourth-order valence-electron chi connectivity index (χ4n) is 2.14. The molecule has 0 aliphatic rings. The molecule has 3 rings (SSSR count). The van der Waals surface area contributed by atoms with Gasteiger partial charge in [0.05, 0.1) is 19.9 Å². The summed E-state index contributed by atoms with van der Waals surface area (Å²) in [5, 5.41) is 3.38. The van der Waals surface area contributed by atoms with E-state index in [1.807, 2.05) is 47.8 Å². The fourth-order valence-corrected chi connectivity index (χ4v) is 2.94. The number of ether oxygens (including phenoxy) is 2. The summed E-state index contributed by atoms with van der Waals surface area (Å²) in [6, 6.07) is 13.2. The topological polar surface area (TPSA) is 43.7 Å². The van der Waals surface area contributed by atoms with Crippen LogP contribution < -0.4 is 9.47 Å². The lowest BCUT2D eigenvalue weighted by Crippen LogP contribution is -1.91. The number of aliphatic imine (C=N–C) groups is 1. The lowest BCUT2D eigenvalue weighted by Gasteiger charge is -2.07. The molecule has 24 heavy (non-hydrogen) atoms. The van der Waals surface area contributed by atoms with Crippen molar-refractivity contribution in [2.75, 3.05) is 14.2 Å². The van der Waals surface area contributed by atoms with Crippen LogP contribution in [-0.4, -0.2) is 25.4 Å². The summed E-state index contributed by atoms with van der Waals surface area (Å²) >= 11 is 7.40. The van der Waals surface area contributed by atoms with Crippen LogP contribution in [0, 0.1) is 0 Å². The number of thiazole rings is 1. The first-order valence-electron chi connectivity index (χ1n) is 7.17. The monoisotopic (exact) mass is 358 g/mol. The minimum absolute atomic E-state index is 0.669. The summed E-state index contributed by atoms with van der Waals surface area (Å²) in [6.07, 6.45) is 1.76. The second-order valence-corrected chi connectivity index (χ2v) is 6.17. The van der Waals surface area contributed by atoms with Crippen LogP contribution in [0.25, 0.3) is 11.3 Å². The second-order valence-electron chi connectivity index (χ2n) is 4.89. The van der Waals surface area contributed by atoms with Crippen molar-refractivity contribution >= 4 is 34.3 Å². The van der Waals surface area contributed by atoms with Crippen LogP contribution >= 0.6 is 22.9 Å². The molecule has 1 heterocycles. The molecule has 6 heteroatoms. The first-order valence-corrected chi connectivity index (χ1v) is 8.43. The van der Waals surface area contributed by atoms with E-state index in [-0.39, 0.29) is 0 Å². The standard InChI is InChI=1S/C18H15ClN2O2S/c1-22-16-8-3-12(9-17(16)23-2)10-20-18-21-15(11-24-18)13-4-6-14(19)7-5-13/h3-11H,1-2H3/b20-10+. The van der Waals surface area contributed by atoms with E-state index in [2.05, 4.69) is 9.98 Å². The highest BCUT2D eigenvalue weighted by Gasteiger charge is 2.05. The SMILES string of the molecule is COc1ccc(/C=N/c2nc(-c3ccc(Cl)cc3)cs2)cc1OC.